The molecule has 126 valence electrons. The number of nitrogens with zero attached hydrogens (tertiary/aromatic N) is 2. The van der Waals surface area contributed by atoms with E-state index < -0.39 is 0 Å². The number of rotatable bonds is 3. The molecule has 1 saturated heterocycles. The van der Waals surface area contributed by atoms with Gasteiger partial charge in [-0.2, -0.15) is 4.98 Å². The molecule has 4 rings (SSSR count). The van der Waals surface area contributed by atoms with Crippen LogP contribution in [-0.2, 0) is 22.4 Å². The lowest BCUT2D eigenvalue weighted by molar-refractivity contribution is -0.102. The monoisotopic (exact) mass is 440 g/mol. The minimum atomic E-state index is -0.271. The fourth-order valence-electron chi connectivity index (χ4n) is 3.06. The molecule has 2 aliphatic rings. The molecular weight excluding hydrogens is 423 g/mol. The SMILES string of the molecule is O=c1nc(OCC2COCCO2)cc2n1CCc1cc(I)ccc1-2. The van der Waals surface area contributed by atoms with Crippen molar-refractivity contribution in [3.63, 3.8) is 0 Å². The van der Waals surface area contributed by atoms with Crippen LogP contribution in [-0.4, -0.2) is 42.1 Å². The third-order valence-electron chi connectivity index (χ3n) is 4.24. The average Bonchev–Trinajstić information content (AvgIpc) is 2.60. The molecule has 2 aliphatic heterocycles. The Balaban J connectivity index is 1.62. The molecule has 1 aromatic heterocycles. The molecule has 0 saturated carbocycles. The van der Waals surface area contributed by atoms with E-state index in [4.69, 9.17) is 14.2 Å². The fraction of sp³-hybridized carbons (Fsp3) is 0.412. The summed E-state index contributed by atoms with van der Waals surface area (Å²) in [5.41, 5.74) is 2.92. The number of hydrogen-bond acceptors (Lipinski definition) is 5. The fourth-order valence-corrected chi connectivity index (χ4v) is 3.62. The van der Waals surface area contributed by atoms with Crippen LogP contribution in [0, 0.1) is 3.57 Å². The van der Waals surface area contributed by atoms with Crippen LogP contribution < -0.4 is 10.4 Å². The lowest BCUT2D eigenvalue weighted by Gasteiger charge is -2.24. The van der Waals surface area contributed by atoms with E-state index in [2.05, 4.69) is 39.7 Å². The van der Waals surface area contributed by atoms with Crippen molar-refractivity contribution in [3.8, 4) is 17.1 Å². The minimum absolute atomic E-state index is 0.117. The van der Waals surface area contributed by atoms with Crippen molar-refractivity contribution in [2.75, 3.05) is 26.4 Å². The zero-order valence-electron chi connectivity index (χ0n) is 13.0. The van der Waals surface area contributed by atoms with Crippen LogP contribution in [0.3, 0.4) is 0 Å². The summed E-state index contributed by atoms with van der Waals surface area (Å²) in [6.45, 7) is 2.67. The van der Waals surface area contributed by atoms with E-state index in [-0.39, 0.29) is 11.8 Å². The van der Waals surface area contributed by atoms with E-state index >= 15 is 0 Å². The van der Waals surface area contributed by atoms with Gasteiger partial charge < -0.3 is 14.2 Å². The van der Waals surface area contributed by atoms with Crippen LogP contribution >= 0.6 is 22.6 Å². The second-order valence-corrected chi connectivity index (χ2v) is 7.09. The summed E-state index contributed by atoms with van der Waals surface area (Å²) in [4.78, 5) is 16.4. The van der Waals surface area contributed by atoms with Crippen molar-refractivity contribution in [2.45, 2.75) is 19.1 Å². The standard InChI is InChI=1S/C17H17IN2O4/c18-12-1-2-14-11(7-12)3-4-20-15(14)8-16(19-17(20)21)24-10-13-9-22-5-6-23-13/h1-2,7-8,13H,3-6,9-10H2. The largest absolute Gasteiger partial charge is 0.475 e. The zero-order chi connectivity index (χ0) is 16.5. The van der Waals surface area contributed by atoms with Crippen molar-refractivity contribution in [3.05, 3.63) is 43.9 Å². The first-order valence-corrected chi connectivity index (χ1v) is 9.01. The Kier molecular flexibility index (Phi) is 4.55. The second kappa shape index (κ2) is 6.81. The first-order chi connectivity index (χ1) is 11.7. The van der Waals surface area contributed by atoms with Gasteiger partial charge in [0.1, 0.15) is 12.7 Å². The predicted molar refractivity (Wildman–Crippen MR) is 96.4 cm³/mol. The van der Waals surface area contributed by atoms with E-state index in [1.807, 2.05) is 12.1 Å². The zero-order valence-corrected chi connectivity index (χ0v) is 15.2. The Labute approximate surface area is 152 Å². The van der Waals surface area contributed by atoms with Gasteiger partial charge in [-0.15, -0.1) is 0 Å². The Morgan fingerprint density at radius 2 is 2.25 bits per heavy atom. The summed E-state index contributed by atoms with van der Waals surface area (Å²) >= 11 is 2.31. The first-order valence-electron chi connectivity index (χ1n) is 7.93. The van der Waals surface area contributed by atoms with Gasteiger partial charge in [0.2, 0.25) is 5.88 Å². The van der Waals surface area contributed by atoms with Gasteiger partial charge in [-0.25, -0.2) is 4.79 Å². The quantitative estimate of drug-likeness (QED) is 0.683. The van der Waals surface area contributed by atoms with Crippen LogP contribution in [0.15, 0.2) is 29.1 Å². The van der Waals surface area contributed by atoms with Crippen LogP contribution in [0.5, 0.6) is 5.88 Å². The summed E-state index contributed by atoms with van der Waals surface area (Å²) in [7, 11) is 0. The van der Waals surface area contributed by atoms with Gasteiger partial charge in [-0.05, 0) is 46.7 Å². The number of aryl methyl sites for hydroxylation is 1. The molecule has 3 heterocycles. The van der Waals surface area contributed by atoms with E-state index in [9.17, 15) is 4.79 Å². The Hall–Kier alpha value is -1.45. The highest BCUT2D eigenvalue weighted by molar-refractivity contribution is 14.1. The molecule has 0 N–H and O–H groups in total. The van der Waals surface area contributed by atoms with E-state index in [0.717, 1.165) is 17.7 Å². The first kappa shape index (κ1) is 16.0. The predicted octanol–water partition coefficient (Wildman–Crippen LogP) is 1.87. The van der Waals surface area contributed by atoms with Crippen LogP contribution in [0.1, 0.15) is 5.56 Å². The number of fused-ring (bicyclic) bond motifs is 3. The summed E-state index contributed by atoms with van der Waals surface area (Å²) < 4.78 is 19.5. The van der Waals surface area contributed by atoms with Crippen molar-refractivity contribution in [1.29, 1.82) is 0 Å². The maximum absolute atomic E-state index is 12.3. The molecule has 2 aromatic rings. The normalized spacial score (nSPS) is 19.5. The molecule has 1 fully saturated rings. The molecule has 0 aliphatic carbocycles. The van der Waals surface area contributed by atoms with Crippen molar-refractivity contribution >= 4 is 22.6 Å². The molecule has 1 unspecified atom stereocenters. The summed E-state index contributed by atoms with van der Waals surface area (Å²) in [5, 5.41) is 0. The third-order valence-corrected chi connectivity index (χ3v) is 4.91. The topological polar surface area (TPSA) is 62.6 Å². The second-order valence-electron chi connectivity index (χ2n) is 5.84. The highest BCUT2D eigenvalue weighted by atomic mass is 127. The van der Waals surface area contributed by atoms with Crippen LogP contribution in [0.2, 0.25) is 0 Å². The minimum Gasteiger partial charge on any atom is -0.475 e. The molecule has 1 aromatic carbocycles. The highest BCUT2D eigenvalue weighted by Crippen LogP contribution is 2.30. The Morgan fingerprint density at radius 1 is 1.33 bits per heavy atom. The molecule has 0 amide bonds. The molecule has 6 nitrogen and oxygen atoms in total. The molecule has 7 heteroatoms. The van der Waals surface area contributed by atoms with Crippen molar-refractivity contribution in [1.82, 2.24) is 9.55 Å². The molecule has 0 spiro atoms. The third kappa shape index (κ3) is 3.20. The van der Waals surface area contributed by atoms with Gasteiger partial charge in [0.25, 0.3) is 0 Å². The molecule has 0 radical (unpaired) electrons. The van der Waals surface area contributed by atoms with E-state index in [1.165, 1.54) is 9.13 Å². The van der Waals surface area contributed by atoms with Crippen molar-refractivity contribution in [2.24, 2.45) is 0 Å². The van der Waals surface area contributed by atoms with Gasteiger partial charge >= 0.3 is 5.69 Å². The maximum Gasteiger partial charge on any atom is 0.351 e. The maximum atomic E-state index is 12.3. The molecule has 1 atom stereocenters. The lowest BCUT2D eigenvalue weighted by Crippen LogP contribution is -2.34. The number of hydrogen-bond donors (Lipinski definition) is 0. The highest BCUT2D eigenvalue weighted by Gasteiger charge is 2.20. The lowest BCUT2D eigenvalue weighted by atomic mass is 9.98. The summed E-state index contributed by atoms with van der Waals surface area (Å²) in [6, 6.07) is 8.12. The number of ether oxygens (including phenoxy) is 3. The molecular formula is C17H17IN2O4. The smallest absolute Gasteiger partial charge is 0.351 e. The van der Waals surface area contributed by atoms with Gasteiger partial charge in [-0.1, -0.05) is 6.07 Å². The van der Waals surface area contributed by atoms with Gasteiger partial charge in [0.15, 0.2) is 0 Å². The van der Waals surface area contributed by atoms with Crippen LogP contribution in [0.4, 0.5) is 0 Å². The van der Waals surface area contributed by atoms with Crippen molar-refractivity contribution < 1.29 is 14.2 Å². The summed E-state index contributed by atoms with van der Waals surface area (Å²) in [6.07, 6.45) is 0.724. The number of benzene rings is 1. The Bertz CT molecular complexity index is 815. The molecule has 0 bridgehead atoms. The van der Waals surface area contributed by atoms with Gasteiger partial charge in [0.05, 0.1) is 25.5 Å². The molecule has 24 heavy (non-hydrogen) atoms. The Morgan fingerprint density at radius 3 is 3.08 bits per heavy atom. The van der Waals surface area contributed by atoms with Gasteiger partial charge in [-0.3, -0.25) is 4.57 Å². The number of aromatic nitrogens is 2. The average molecular weight is 440 g/mol. The van der Waals surface area contributed by atoms with E-state index in [1.54, 1.807) is 4.57 Å². The number of halogens is 1. The van der Waals surface area contributed by atoms with E-state index in [0.29, 0.717) is 38.9 Å². The summed E-state index contributed by atoms with van der Waals surface area (Å²) in [5.74, 6) is 0.340. The van der Waals surface area contributed by atoms with Crippen LogP contribution in [0.25, 0.3) is 11.3 Å². The van der Waals surface area contributed by atoms with Gasteiger partial charge in [0, 0.05) is 21.7 Å².